The van der Waals surface area contributed by atoms with Gasteiger partial charge in [-0.05, 0) is 12.3 Å². The molecule has 1 aliphatic rings. The van der Waals surface area contributed by atoms with Gasteiger partial charge in [0, 0.05) is 12.5 Å². The Morgan fingerprint density at radius 2 is 1.73 bits per heavy atom. The van der Waals surface area contributed by atoms with E-state index in [0.29, 0.717) is 11.8 Å². The molecule has 1 fully saturated rings. The molecule has 1 rings (SSSR count). The normalized spacial score (nSPS) is 24.8. The van der Waals surface area contributed by atoms with Crippen LogP contribution in [0.4, 0.5) is 0 Å². The van der Waals surface area contributed by atoms with Crippen molar-refractivity contribution in [2.24, 2.45) is 11.8 Å². The number of ether oxygens (including phenoxy) is 1. The van der Waals surface area contributed by atoms with Crippen molar-refractivity contribution in [3.63, 3.8) is 0 Å². The first-order chi connectivity index (χ1) is 7.13. The molecule has 0 saturated carbocycles. The molecule has 1 heterocycles. The van der Waals surface area contributed by atoms with E-state index in [2.05, 4.69) is 27.7 Å². The van der Waals surface area contributed by atoms with E-state index in [4.69, 9.17) is 4.74 Å². The molecule has 2 nitrogen and oxygen atoms in total. The fourth-order valence-electron chi connectivity index (χ4n) is 1.39. The summed E-state index contributed by atoms with van der Waals surface area (Å²) in [5.41, 5.74) is 0. The van der Waals surface area contributed by atoms with E-state index >= 15 is 0 Å². The third-order valence-electron chi connectivity index (χ3n) is 2.22. The third kappa shape index (κ3) is 8.88. The van der Waals surface area contributed by atoms with Gasteiger partial charge in [-0.1, -0.05) is 48.0 Å². The van der Waals surface area contributed by atoms with E-state index in [-0.39, 0.29) is 6.10 Å². The van der Waals surface area contributed by atoms with Crippen molar-refractivity contribution < 1.29 is 9.84 Å². The minimum absolute atomic E-state index is 0.131. The molecule has 1 N–H and O–H groups in total. The van der Waals surface area contributed by atoms with Crippen molar-refractivity contribution in [3.8, 4) is 0 Å². The lowest BCUT2D eigenvalue weighted by Gasteiger charge is -2.30. The van der Waals surface area contributed by atoms with E-state index in [0.717, 1.165) is 19.6 Å². The second-order valence-corrected chi connectivity index (χ2v) is 4.05. The molecule has 1 saturated heterocycles. The van der Waals surface area contributed by atoms with Crippen LogP contribution in [0.15, 0.2) is 0 Å². The van der Waals surface area contributed by atoms with Gasteiger partial charge in [0.05, 0.1) is 12.7 Å². The van der Waals surface area contributed by atoms with Crippen molar-refractivity contribution in [1.29, 1.82) is 0 Å². The van der Waals surface area contributed by atoms with E-state index in [1.54, 1.807) is 0 Å². The highest BCUT2D eigenvalue weighted by molar-refractivity contribution is 4.74. The minimum atomic E-state index is -0.131. The number of rotatable bonds is 1. The highest BCUT2D eigenvalue weighted by Gasteiger charge is 2.25. The number of hydrogen-bond acceptors (Lipinski definition) is 2. The van der Waals surface area contributed by atoms with E-state index in [9.17, 15) is 5.11 Å². The quantitative estimate of drug-likeness (QED) is 0.730. The summed E-state index contributed by atoms with van der Waals surface area (Å²) in [6.07, 6.45) is 1.93. The monoisotopic (exact) mass is 218 g/mol. The van der Waals surface area contributed by atoms with Crippen LogP contribution >= 0.6 is 0 Å². The summed E-state index contributed by atoms with van der Waals surface area (Å²) in [6, 6.07) is 0. The molecule has 0 bridgehead atoms. The summed E-state index contributed by atoms with van der Waals surface area (Å²) in [7, 11) is 0. The SMILES string of the molecule is CC.CC(C)C1COCCC1O.CCC. The Kier molecular flexibility index (Phi) is 13.8. The average molecular weight is 218 g/mol. The number of aliphatic hydroxyl groups is 1. The summed E-state index contributed by atoms with van der Waals surface area (Å²) >= 11 is 0. The van der Waals surface area contributed by atoms with Crippen LogP contribution in [0.2, 0.25) is 0 Å². The molecule has 0 aromatic rings. The maximum atomic E-state index is 9.46. The maximum Gasteiger partial charge on any atom is 0.0614 e. The smallest absolute Gasteiger partial charge is 0.0614 e. The fourth-order valence-corrected chi connectivity index (χ4v) is 1.39. The van der Waals surface area contributed by atoms with Gasteiger partial charge in [-0.15, -0.1) is 0 Å². The van der Waals surface area contributed by atoms with Crippen LogP contribution in [0.5, 0.6) is 0 Å². The van der Waals surface area contributed by atoms with E-state index in [1.165, 1.54) is 6.42 Å². The first-order valence-corrected chi connectivity index (χ1v) is 6.39. The second kappa shape index (κ2) is 12.0. The molecule has 2 atom stereocenters. The molecule has 1 aliphatic heterocycles. The van der Waals surface area contributed by atoms with Crippen molar-refractivity contribution in [2.45, 2.75) is 60.5 Å². The molecule has 2 unspecified atom stereocenters. The van der Waals surface area contributed by atoms with Gasteiger partial charge in [-0.25, -0.2) is 0 Å². The molecule has 0 aromatic carbocycles. The molecule has 15 heavy (non-hydrogen) atoms. The summed E-state index contributed by atoms with van der Waals surface area (Å²) < 4.78 is 5.25. The van der Waals surface area contributed by atoms with Crippen LogP contribution in [0.25, 0.3) is 0 Å². The summed E-state index contributed by atoms with van der Waals surface area (Å²) in [6.45, 7) is 14.0. The molecular formula is C13H30O2. The predicted molar refractivity (Wildman–Crippen MR) is 67.1 cm³/mol. The zero-order valence-electron chi connectivity index (χ0n) is 11.4. The van der Waals surface area contributed by atoms with Crippen LogP contribution in [0.3, 0.4) is 0 Å². The highest BCUT2D eigenvalue weighted by atomic mass is 16.5. The van der Waals surface area contributed by atoms with Gasteiger partial charge in [0.2, 0.25) is 0 Å². The number of aliphatic hydroxyl groups excluding tert-OH is 1. The summed E-state index contributed by atoms with van der Waals surface area (Å²) in [5, 5.41) is 9.46. The Morgan fingerprint density at radius 1 is 1.27 bits per heavy atom. The summed E-state index contributed by atoms with van der Waals surface area (Å²) in [4.78, 5) is 0. The van der Waals surface area contributed by atoms with Crippen molar-refractivity contribution in [1.82, 2.24) is 0 Å². The lowest BCUT2D eigenvalue weighted by atomic mass is 9.88. The van der Waals surface area contributed by atoms with E-state index in [1.807, 2.05) is 13.8 Å². The third-order valence-corrected chi connectivity index (χ3v) is 2.22. The van der Waals surface area contributed by atoms with Crippen LogP contribution in [0.1, 0.15) is 54.4 Å². The zero-order valence-corrected chi connectivity index (χ0v) is 11.4. The average Bonchev–Trinajstić information content (AvgIpc) is 2.22. The van der Waals surface area contributed by atoms with Crippen LogP contribution in [0, 0.1) is 11.8 Å². The zero-order chi connectivity index (χ0) is 12.3. The molecular weight excluding hydrogens is 188 g/mol. The molecule has 0 amide bonds. The standard InChI is InChI=1S/C8H16O2.C3H8.C2H6/c1-6(2)7-5-10-4-3-8(7)9;1-3-2;1-2/h6-9H,3-5H2,1-2H3;3H2,1-2H3;1-2H3. The van der Waals surface area contributed by atoms with Crippen molar-refractivity contribution in [2.75, 3.05) is 13.2 Å². The Bertz CT molecular complexity index is 113. The van der Waals surface area contributed by atoms with Gasteiger partial charge in [0.15, 0.2) is 0 Å². The topological polar surface area (TPSA) is 29.5 Å². The van der Waals surface area contributed by atoms with Gasteiger partial charge in [-0.2, -0.15) is 0 Å². The minimum Gasteiger partial charge on any atom is -0.393 e. The van der Waals surface area contributed by atoms with Crippen LogP contribution in [-0.2, 0) is 4.74 Å². The van der Waals surface area contributed by atoms with Crippen LogP contribution < -0.4 is 0 Å². The van der Waals surface area contributed by atoms with Crippen molar-refractivity contribution in [3.05, 3.63) is 0 Å². The van der Waals surface area contributed by atoms with Crippen LogP contribution in [-0.4, -0.2) is 24.4 Å². The summed E-state index contributed by atoms with van der Waals surface area (Å²) in [5.74, 6) is 0.893. The Hall–Kier alpha value is -0.0800. The molecule has 2 heteroatoms. The maximum absolute atomic E-state index is 9.46. The Balaban J connectivity index is 0. The van der Waals surface area contributed by atoms with Crippen molar-refractivity contribution >= 4 is 0 Å². The Labute approximate surface area is 96.0 Å². The first-order valence-electron chi connectivity index (χ1n) is 6.39. The predicted octanol–water partition coefficient (Wildman–Crippen LogP) is 3.48. The van der Waals surface area contributed by atoms with Gasteiger partial charge in [0.25, 0.3) is 0 Å². The highest BCUT2D eigenvalue weighted by Crippen LogP contribution is 2.21. The second-order valence-electron chi connectivity index (χ2n) is 4.05. The molecule has 0 spiro atoms. The lowest BCUT2D eigenvalue weighted by molar-refractivity contribution is -0.0519. The molecule has 0 aliphatic carbocycles. The Morgan fingerprint density at radius 3 is 2.00 bits per heavy atom. The fraction of sp³-hybridized carbons (Fsp3) is 1.00. The van der Waals surface area contributed by atoms with Gasteiger partial charge < -0.3 is 9.84 Å². The molecule has 0 radical (unpaired) electrons. The van der Waals surface area contributed by atoms with Gasteiger partial charge in [-0.3, -0.25) is 0 Å². The van der Waals surface area contributed by atoms with Gasteiger partial charge >= 0.3 is 0 Å². The van der Waals surface area contributed by atoms with E-state index < -0.39 is 0 Å². The molecule has 94 valence electrons. The first kappa shape index (κ1) is 17.3. The molecule has 0 aromatic heterocycles. The number of hydrogen-bond donors (Lipinski definition) is 1. The van der Waals surface area contributed by atoms with Gasteiger partial charge in [0.1, 0.15) is 0 Å². The lowest BCUT2D eigenvalue weighted by Crippen LogP contribution is -2.35. The largest absolute Gasteiger partial charge is 0.393 e.